The Morgan fingerprint density at radius 2 is 2.56 bits per heavy atom. The van der Waals surface area contributed by atoms with Crippen LogP contribution in [0.4, 0.5) is 0 Å². The van der Waals surface area contributed by atoms with E-state index < -0.39 is 6.23 Å². The molecule has 52 valence electrons. The third-order valence-electron chi connectivity index (χ3n) is 1.28. The van der Waals surface area contributed by atoms with Crippen LogP contribution in [0.1, 0.15) is 6.92 Å². The molecule has 0 saturated carbocycles. The zero-order chi connectivity index (χ0) is 6.85. The molecule has 2 unspecified atom stereocenters. The Balaban J connectivity index is 2.44. The number of thiocarbonyl (C=S) groups is 1. The molecule has 0 amide bonds. The Labute approximate surface area is 64.0 Å². The Kier molecular flexibility index (Phi) is 2.32. The van der Waals surface area contributed by atoms with Crippen LogP contribution >= 0.6 is 24.0 Å². The molecule has 0 aliphatic carbocycles. The second-order valence-corrected chi connectivity index (χ2v) is 3.86. The van der Waals surface area contributed by atoms with Crippen LogP contribution in [-0.2, 0) is 0 Å². The summed E-state index contributed by atoms with van der Waals surface area (Å²) in [5.74, 6) is 1.23. The van der Waals surface area contributed by atoms with Crippen molar-refractivity contribution in [1.82, 2.24) is 5.32 Å². The Morgan fingerprint density at radius 3 is 3.00 bits per heavy atom. The van der Waals surface area contributed by atoms with E-state index in [1.165, 1.54) is 0 Å². The summed E-state index contributed by atoms with van der Waals surface area (Å²) in [5.41, 5.74) is 0. The number of aliphatic hydroxyl groups is 1. The molecule has 2 atom stereocenters. The molecule has 1 heterocycles. The van der Waals surface area contributed by atoms with Crippen molar-refractivity contribution < 1.29 is 5.11 Å². The highest BCUT2D eigenvalue weighted by Crippen LogP contribution is 2.17. The Morgan fingerprint density at radius 1 is 1.89 bits per heavy atom. The Bertz CT molecular complexity index is 128. The van der Waals surface area contributed by atoms with Crippen LogP contribution in [0.15, 0.2) is 0 Å². The van der Waals surface area contributed by atoms with Gasteiger partial charge in [0.2, 0.25) is 0 Å². The van der Waals surface area contributed by atoms with Gasteiger partial charge in [-0.1, -0.05) is 30.9 Å². The zero-order valence-corrected chi connectivity index (χ0v) is 6.76. The molecule has 0 radical (unpaired) electrons. The second-order valence-electron chi connectivity index (χ2n) is 2.16. The number of rotatable bonds is 0. The first kappa shape index (κ1) is 7.31. The van der Waals surface area contributed by atoms with Gasteiger partial charge in [0.1, 0.15) is 10.5 Å². The van der Waals surface area contributed by atoms with E-state index in [1.807, 2.05) is 6.92 Å². The van der Waals surface area contributed by atoms with Gasteiger partial charge in [0.05, 0.1) is 0 Å². The summed E-state index contributed by atoms with van der Waals surface area (Å²) in [6, 6.07) is 0. The Hall–Kier alpha value is 0.200. The average Bonchev–Trinajstić information content (AvgIpc) is 1.80. The molecule has 1 aliphatic rings. The van der Waals surface area contributed by atoms with Crippen molar-refractivity contribution in [3.8, 4) is 0 Å². The van der Waals surface area contributed by atoms with Crippen LogP contribution in [0, 0.1) is 5.92 Å². The van der Waals surface area contributed by atoms with Gasteiger partial charge in [-0.05, 0) is 0 Å². The van der Waals surface area contributed by atoms with Gasteiger partial charge in [0, 0.05) is 11.7 Å². The summed E-state index contributed by atoms with van der Waals surface area (Å²) in [5, 5.41) is 11.9. The minimum Gasteiger partial charge on any atom is -0.373 e. The first-order chi connectivity index (χ1) is 4.20. The first-order valence-electron chi connectivity index (χ1n) is 2.81. The van der Waals surface area contributed by atoms with Crippen LogP contribution in [0.5, 0.6) is 0 Å². The quantitative estimate of drug-likeness (QED) is 0.511. The third kappa shape index (κ3) is 1.81. The van der Waals surface area contributed by atoms with E-state index in [1.54, 1.807) is 11.8 Å². The van der Waals surface area contributed by atoms with Crippen molar-refractivity contribution in [1.29, 1.82) is 0 Å². The SMILES string of the molecule is CC1CSC(=S)NC1O. The van der Waals surface area contributed by atoms with E-state index in [0.29, 0.717) is 10.2 Å². The predicted octanol–water partition coefficient (Wildman–Crippen LogP) is 0.562. The number of thioether (sulfide) groups is 1. The molecular weight excluding hydrogens is 154 g/mol. The number of nitrogens with one attached hydrogen (secondary N) is 1. The lowest BCUT2D eigenvalue weighted by molar-refractivity contribution is 0.113. The fourth-order valence-electron chi connectivity index (χ4n) is 0.603. The van der Waals surface area contributed by atoms with Crippen molar-refractivity contribution in [2.45, 2.75) is 13.2 Å². The van der Waals surface area contributed by atoms with Crippen LogP contribution in [-0.4, -0.2) is 21.4 Å². The van der Waals surface area contributed by atoms with Gasteiger partial charge in [-0.3, -0.25) is 0 Å². The van der Waals surface area contributed by atoms with E-state index in [2.05, 4.69) is 5.32 Å². The van der Waals surface area contributed by atoms with Crippen LogP contribution in [0.3, 0.4) is 0 Å². The lowest BCUT2D eigenvalue weighted by atomic mass is 10.2. The molecule has 0 aromatic carbocycles. The standard InChI is InChI=1S/C5H9NOS2/c1-3-2-9-5(8)6-4(3)7/h3-4,7H,2H2,1H3,(H,6,8). The van der Waals surface area contributed by atoms with Crippen molar-refractivity contribution in [2.75, 3.05) is 5.75 Å². The predicted molar refractivity (Wildman–Crippen MR) is 43.4 cm³/mol. The molecule has 0 spiro atoms. The number of aliphatic hydroxyl groups excluding tert-OH is 1. The van der Waals surface area contributed by atoms with Crippen LogP contribution < -0.4 is 5.32 Å². The van der Waals surface area contributed by atoms with Gasteiger partial charge in [-0.15, -0.1) is 0 Å². The van der Waals surface area contributed by atoms with E-state index in [4.69, 9.17) is 17.3 Å². The molecule has 1 rings (SSSR count). The first-order valence-corrected chi connectivity index (χ1v) is 4.21. The molecule has 0 aromatic heterocycles. The summed E-state index contributed by atoms with van der Waals surface area (Å²) < 4.78 is 0.709. The van der Waals surface area contributed by atoms with Crippen molar-refractivity contribution in [3.05, 3.63) is 0 Å². The molecular formula is C5H9NOS2. The molecule has 2 N–H and O–H groups in total. The highest BCUT2D eigenvalue weighted by Gasteiger charge is 2.20. The largest absolute Gasteiger partial charge is 0.373 e. The molecule has 0 aromatic rings. The maximum Gasteiger partial charge on any atom is 0.135 e. The van der Waals surface area contributed by atoms with Gasteiger partial charge in [0.25, 0.3) is 0 Å². The van der Waals surface area contributed by atoms with Crippen molar-refractivity contribution in [2.24, 2.45) is 5.92 Å². The lowest BCUT2D eigenvalue weighted by Crippen LogP contribution is -2.42. The molecule has 1 fully saturated rings. The maximum absolute atomic E-state index is 9.14. The molecule has 4 heteroatoms. The third-order valence-corrected chi connectivity index (χ3v) is 2.83. The fraction of sp³-hybridized carbons (Fsp3) is 0.800. The summed E-state index contributed by atoms with van der Waals surface area (Å²) in [6.07, 6.45) is -0.432. The fourth-order valence-corrected chi connectivity index (χ4v) is 1.73. The second kappa shape index (κ2) is 2.86. The number of hydrogen-bond acceptors (Lipinski definition) is 3. The van der Waals surface area contributed by atoms with Gasteiger partial charge in [-0.2, -0.15) is 0 Å². The molecule has 1 saturated heterocycles. The van der Waals surface area contributed by atoms with E-state index >= 15 is 0 Å². The van der Waals surface area contributed by atoms with Crippen molar-refractivity contribution >= 4 is 28.3 Å². The highest BCUT2D eigenvalue weighted by molar-refractivity contribution is 8.23. The minimum atomic E-state index is -0.432. The van der Waals surface area contributed by atoms with Crippen LogP contribution in [0.25, 0.3) is 0 Å². The summed E-state index contributed by atoms with van der Waals surface area (Å²) in [6.45, 7) is 1.99. The molecule has 2 nitrogen and oxygen atoms in total. The van der Waals surface area contributed by atoms with E-state index in [9.17, 15) is 0 Å². The molecule has 1 aliphatic heterocycles. The maximum atomic E-state index is 9.14. The summed E-state index contributed by atoms with van der Waals surface area (Å²) in [4.78, 5) is 0. The monoisotopic (exact) mass is 163 g/mol. The smallest absolute Gasteiger partial charge is 0.135 e. The topological polar surface area (TPSA) is 32.3 Å². The summed E-state index contributed by atoms with van der Waals surface area (Å²) in [7, 11) is 0. The molecule has 9 heavy (non-hydrogen) atoms. The summed E-state index contributed by atoms with van der Waals surface area (Å²) >= 11 is 6.42. The normalized spacial score (nSPS) is 36.0. The van der Waals surface area contributed by atoms with Crippen LogP contribution in [0.2, 0.25) is 0 Å². The highest BCUT2D eigenvalue weighted by atomic mass is 32.2. The average molecular weight is 163 g/mol. The van der Waals surface area contributed by atoms with E-state index in [0.717, 1.165) is 5.75 Å². The lowest BCUT2D eigenvalue weighted by Gasteiger charge is -2.25. The van der Waals surface area contributed by atoms with E-state index in [-0.39, 0.29) is 0 Å². The number of hydrogen-bond donors (Lipinski definition) is 2. The van der Waals surface area contributed by atoms with Gasteiger partial charge < -0.3 is 10.4 Å². The van der Waals surface area contributed by atoms with Crippen molar-refractivity contribution in [3.63, 3.8) is 0 Å². The molecule has 0 bridgehead atoms. The minimum absolute atomic E-state index is 0.307. The van der Waals surface area contributed by atoms with Gasteiger partial charge in [-0.25, -0.2) is 0 Å². The van der Waals surface area contributed by atoms with Gasteiger partial charge in [0.15, 0.2) is 0 Å². The zero-order valence-electron chi connectivity index (χ0n) is 5.13. The van der Waals surface area contributed by atoms with Gasteiger partial charge >= 0.3 is 0 Å².